The van der Waals surface area contributed by atoms with E-state index < -0.39 is 5.60 Å². The van der Waals surface area contributed by atoms with Crippen LogP contribution in [0.3, 0.4) is 0 Å². The molecule has 0 spiro atoms. The molecule has 0 aliphatic heterocycles. The minimum absolute atomic E-state index is 0.213. The second kappa shape index (κ2) is 6.32. The molecule has 0 radical (unpaired) electrons. The van der Waals surface area contributed by atoms with Gasteiger partial charge < -0.3 is 15.1 Å². The molecular formula is C14H18N2O3. The van der Waals surface area contributed by atoms with E-state index in [4.69, 9.17) is 5.11 Å². The summed E-state index contributed by atoms with van der Waals surface area (Å²) in [5.74, 6) is 4.94. The Kier molecular flexibility index (Phi) is 5.04. The summed E-state index contributed by atoms with van der Waals surface area (Å²) in [6, 6.07) is 3.24. The molecular weight excluding hydrogens is 244 g/mol. The quantitative estimate of drug-likeness (QED) is 0.767. The van der Waals surface area contributed by atoms with E-state index in [2.05, 4.69) is 16.8 Å². The van der Waals surface area contributed by atoms with Gasteiger partial charge in [0.1, 0.15) is 12.3 Å². The van der Waals surface area contributed by atoms with Gasteiger partial charge in [-0.25, -0.2) is 4.98 Å². The average molecular weight is 262 g/mol. The second-order valence-electron chi connectivity index (χ2n) is 4.87. The van der Waals surface area contributed by atoms with Gasteiger partial charge in [0.25, 0.3) is 5.91 Å². The third-order valence-electron chi connectivity index (χ3n) is 2.27. The highest BCUT2D eigenvalue weighted by atomic mass is 16.3. The Balaban J connectivity index is 2.78. The predicted octanol–water partition coefficient (Wildman–Crippen LogP) is 0.268. The Labute approximate surface area is 112 Å². The molecule has 1 aromatic rings. The maximum Gasteiger partial charge on any atom is 0.272 e. The summed E-state index contributed by atoms with van der Waals surface area (Å²) in [6.07, 6.45) is 1.48. The Morgan fingerprint density at radius 2 is 2.16 bits per heavy atom. The van der Waals surface area contributed by atoms with Crippen LogP contribution < -0.4 is 0 Å². The molecule has 1 amide bonds. The lowest BCUT2D eigenvalue weighted by Gasteiger charge is -2.25. The van der Waals surface area contributed by atoms with Crippen LogP contribution in [0.4, 0.5) is 0 Å². The molecule has 1 heterocycles. The number of pyridine rings is 1. The summed E-state index contributed by atoms with van der Waals surface area (Å²) < 4.78 is 0. The first kappa shape index (κ1) is 15.2. The summed E-state index contributed by atoms with van der Waals surface area (Å²) in [6.45, 7) is 3.28. The molecule has 1 aromatic heterocycles. The molecule has 0 fully saturated rings. The summed E-state index contributed by atoms with van der Waals surface area (Å²) in [5.41, 5.74) is -0.0197. The molecule has 0 bridgehead atoms. The van der Waals surface area contributed by atoms with E-state index in [9.17, 15) is 9.90 Å². The van der Waals surface area contributed by atoms with Crippen molar-refractivity contribution in [2.75, 3.05) is 20.2 Å². The van der Waals surface area contributed by atoms with Gasteiger partial charge in [-0.05, 0) is 26.0 Å². The van der Waals surface area contributed by atoms with Crippen LogP contribution >= 0.6 is 0 Å². The van der Waals surface area contributed by atoms with Crippen molar-refractivity contribution in [2.45, 2.75) is 19.4 Å². The van der Waals surface area contributed by atoms with E-state index in [0.717, 1.165) is 0 Å². The van der Waals surface area contributed by atoms with E-state index in [0.29, 0.717) is 11.3 Å². The van der Waals surface area contributed by atoms with E-state index in [1.165, 1.54) is 11.1 Å². The zero-order valence-corrected chi connectivity index (χ0v) is 11.3. The number of carbonyl (C=O) groups excluding carboxylic acids is 1. The topological polar surface area (TPSA) is 73.7 Å². The first-order valence-corrected chi connectivity index (χ1v) is 5.87. The van der Waals surface area contributed by atoms with Gasteiger partial charge in [0.2, 0.25) is 0 Å². The third-order valence-corrected chi connectivity index (χ3v) is 2.27. The highest BCUT2D eigenvalue weighted by molar-refractivity contribution is 5.92. The number of aromatic nitrogens is 1. The number of aliphatic hydroxyl groups excluding tert-OH is 1. The van der Waals surface area contributed by atoms with Crippen LogP contribution in [0.25, 0.3) is 0 Å². The van der Waals surface area contributed by atoms with Gasteiger partial charge in [0, 0.05) is 25.4 Å². The molecule has 5 heteroatoms. The van der Waals surface area contributed by atoms with Gasteiger partial charge in [-0.3, -0.25) is 4.79 Å². The fourth-order valence-corrected chi connectivity index (χ4v) is 1.58. The SMILES string of the molecule is CN(CC(C)(C)O)C(=O)c1ccc(C#CCO)cn1. The van der Waals surface area contributed by atoms with E-state index in [1.54, 1.807) is 33.0 Å². The molecule has 0 saturated heterocycles. The summed E-state index contributed by atoms with van der Waals surface area (Å²) >= 11 is 0. The first-order chi connectivity index (χ1) is 8.83. The zero-order valence-electron chi connectivity index (χ0n) is 11.3. The van der Waals surface area contributed by atoms with Crippen molar-refractivity contribution in [2.24, 2.45) is 0 Å². The van der Waals surface area contributed by atoms with Crippen LogP contribution in [-0.2, 0) is 0 Å². The fraction of sp³-hybridized carbons (Fsp3) is 0.429. The van der Waals surface area contributed by atoms with E-state index in [-0.39, 0.29) is 19.1 Å². The molecule has 102 valence electrons. The van der Waals surface area contributed by atoms with Crippen molar-refractivity contribution in [3.8, 4) is 11.8 Å². The van der Waals surface area contributed by atoms with Crippen LogP contribution in [0, 0.1) is 11.8 Å². The summed E-state index contributed by atoms with van der Waals surface area (Å²) in [5, 5.41) is 18.2. The maximum absolute atomic E-state index is 12.0. The standard InChI is InChI=1S/C14H18N2O3/c1-14(2,19)10-16(3)13(18)12-7-6-11(9-15-12)5-4-8-17/h6-7,9,17,19H,8,10H2,1-3H3. The maximum atomic E-state index is 12.0. The average Bonchev–Trinajstić information content (AvgIpc) is 2.34. The molecule has 0 saturated carbocycles. The van der Waals surface area contributed by atoms with Crippen molar-refractivity contribution in [1.29, 1.82) is 0 Å². The van der Waals surface area contributed by atoms with Crippen LogP contribution in [0.5, 0.6) is 0 Å². The van der Waals surface area contributed by atoms with Crippen LogP contribution in [-0.4, -0.2) is 51.8 Å². The fourth-order valence-electron chi connectivity index (χ4n) is 1.58. The summed E-state index contributed by atoms with van der Waals surface area (Å²) in [7, 11) is 1.61. The van der Waals surface area contributed by atoms with Gasteiger partial charge in [-0.1, -0.05) is 11.8 Å². The lowest BCUT2D eigenvalue weighted by atomic mass is 10.1. The second-order valence-corrected chi connectivity index (χ2v) is 4.87. The number of carbonyl (C=O) groups is 1. The number of nitrogens with zero attached hydrogens (tertiary/aromatic N) is 2. The minimum atomic E-state index is -0.947. The molecule has 5 nitrogen and oxygen atoms in total. The number of hydrogen-bond acceptors (Lipinski definition) is 4. The van der Waals surface area contributed by atoms with Gasteiger partial charge >= 0.3 is 0 Å². The highest BCUT2D eigenvalue weighted by Crippen LogP contribution is 2.07. The Morgan fingerprint density at radius 3 is 2.63 bits per heavy atom. The monoisotopic (exact) mass is 262 g/mol. The van der Waals surface area contributed by atoms with Gasteiger partial charge in [0.05, 0.1) is 5.60 Å². The molecule has 0 aliphatic rings. The predicted molar refractivity (Wildman–Crippen MR) is 71.5 cm³/mol. The number of aliphatic hydroxyl groups is 2. The van der Waals surface area contributed by atoms with Crippen LogP contribution in [0.2, 0.25) is 0 Å². The molecule has 0 aromatic carbocycles. The number of likely N-dealkylation sites (N-methyl/N-ethyl adjacent to an activating group) is 1. The van der Waals surface area contributed by atoms with Crippen molar-refractivity contribution >= 4 is 5.91 Å². The molecule has 0 aliphatic carbocycles. The number of amides is 1. The van der Waals surface area contributed by atoms with Crippen LogP contribution in [0.1, 0.15) is 29.9 Å². The van der Waals surface area contributed by atoms with E-state index >= 15 is 0 Å². The molecule has 2 N–H and O–H groups in total. The Morgan fingerprint density at radius 1 is 1.47 bits per heavy atom. The molecule has 1 rings (SSSR count). The van der Waals surface area contributed by atoms with Crippen molar-refractivity contribution < 1.29 is 15.0 Å². The third kappa shape index (κ3) is 5.08. The highest BCUT2D eigenvalue weighted by Gasteiger charge is 2.20. The zero-order chi connectivity index (χ0) is 14.5. The Bertz CT molecular complexity index is 492. The van der Waals surface area contributed by atoms with Crippen molar-refractivity contribution in [3.05, 3.63) is 29.6 Å². The number of hydrogen-bond donors (Lipinski definition) is 2. The molecule has 0 unspecified atom stereocenters. The smallest absolute Gasteiger partial charge is 0.272 e. The van der Waals surface area contributed by atoms with E-state index in [1.807, 2.05) is 0 Å². The molecule has 19 heavy (non-hydrogen) atoms. The summed E-state index contributed by atoms with van der Waals surface area (Å²) in [4.78, 5) is 17.5. The van der Waals surface area contributed by atoms with Crippen LogP contribution in [0.15, 0.2) is 18.3 Å². The van der Waals surface area contributed by atoms with Gasteiger partial charge in [-0.15, -0.1) is 0 Å². The van der Waals surface area contributed by atoms with Crippen molar-refractivity contribution in [1.82, 2.24) is 9.88 Å². The first-order valence-electron chi connectivity index (χ1n) is 5.87. The Hall–Kier alpha value is -1.90. The number of rotatable bonds is 3. The molecule has 0 atom stereocenters. The largest absolute Gasteiger partial charge is 0.389 e. The van der Waals surface area contributed by atoms with Crippen molar-refractivity contribution in [3.63, 3.8) is 0 Å². The van der Waals surface area contributed by atoms with Gasteiger partial charge in [-0.2, -0.15) is 0 Å². The van der Waals surface area contributed by atoms with Gasteiger partial charge in [0.15, 0.2) is 0 Å². The normalized spacial score (nSPS) is 10.6. The lowest BCUT2D eigenvalue weighted by molar-refractivity contribution is 0.0365. The lowest BCUT2D eigenvalue weighted by Crippen LogP contribution is -2.39. The minimum Gasteiger partial charge on any atom is -0.389 e.